The molecule has 0 spiro atoms. The Morgan fingerprint density at radius 3 is 2.43 bits per heavy atom. The van der Waals surface area contributed by atoms with Crippen LogP contribution in [-0.2, 0) is 17.9 Å². The second kappa shape index (κ2) is 13.3. The van der Waals surface area contributed by atoms with E-state index in [1.807, 2.05) is 61.2 Å². The lowest BCUT2D eigenvalue weighted by molar-refractivity contribution is -0.120. The topological polar surface area (TPSA) is 64.7 Å². The van der Waals surface area contributed by atoms with Crippen molar-refractivity contribution in [1.82, 2.24) is 15.1 Å². The number of carbonyl (C=O) groups is 2. The Labute approximate surface area is 211 Å². The monoisotopic (exact) mass is 478 g/mol. The molecule has 1 fully saturated rings. The molecule has 1 saturated heterocycles. The average Bonchev–Trinajstić information content (AvgIpc) is 2.86. The smallest absolute Gasteiger partial charge is 0.322 e. The van der Waals surface area contributed by atoms with Crippen LogP contribution in [0.15, 0.2) is 48.5 Å². The summed E-state index contributed by atoms with van der Waals surface area (Å²) in [5, 5.41) is 6.12. The minimum atomic E-state index is -0.0666. The number of benzene rings is 2. The molecule has 1 aliphatic rings. The fraction of sp³-hybridized carbons (Fsp3) is 0.517. The van der Waals surface area contributed by atoms with Crippen LogP contribution in [0.2, 0.25) is 0 Å². The van der Waals surface area contributed by atoms with Crippen LogP contribution in [0, 0.1) is 6.92 Å². The second-order valence-corrected chi connectivity index (χ2v) is 9.73. The van der Waals surface area contributed by atoms with Crippen LogP contribution >= 0.6 is 0 Å². The first-order chi connectivity index (χ1) is 16.9. The van der Waals surface area contributed by atoms with Gasteiger partial charge < -0.3 is 20.4 Å². The molecule has 0 aliphatic carbocycles. The number of anilines is 1. The summed E-state index contributed by atoms with van der Waals surface area (Å²) in [6.45, 7) is 11.4. The largest absolute Gasteiger partial charge is 0.352 e. The lowest BCUT2D eigenvalue weighted by atomic mass is 9.99. The third kappa shape index (κ3) is 7.82. The summed E-state index contributed by atoms with van der Waals surface area (Å²) in [7, 11) is 0. The molecule has 1 heterocycles. The van der Waals surface area contributed by atoms with Crippen molar-refractivity contribution in [1.29, 1.82) is 0 Å². The molecule has 35 heavy (non-hydrogen) atoms. The quantitative estimate of drug-likeness (QED) is 0.460. The van der Waals surface area contributed by atoms with E-state index in [-0.39, 0.29) is 18.0 Å². The van der Waals surface area contributed by atoms with E-state index in [0.717, 1.165) is 48.3 Å². The second-order valence-electron chi connectivity index (χ2n) is 9.73. The van der Waals surface area contributed by atoms with E-state index in [0.29, 0.717) is 25.6 Å². The highest BCUT2D eigenvalue weighted by Gasteiger charge is 2.30. The number of urea groups is 1. The van der Waals surface area contributed by atoms with E-state index in [9.17, 15) is 9.59 Å². The molecular formula is C29H42N4O2. The highest BCUT2D eigenvalue weighted by Crippen LogP contribution is 2.24. The van der Waals surface area contributed by atoms with Crippen LogP contribution in [0.3, 0.4) is 0 Å². The van der Waals surface area contributed by atoms with Gasteiger partial charge in [-0.1, -0.05) is 56.7 Å². The van der Waals surface area contributed by atoms with Gasteiger partial charge in [0.2, 0.25) is 5.91 Å². The zero-order chi connectivity index (χ0) is 25.2. The summed E-state index contributed by atoms with van der Waals surface area (Å²) in [5.74, 6) is 0.0300. The Balaban J connectivity index is 1.78. The maximum atomic E-state index is 13.6. The number of aryl methyl sites for hydroxylation is 1. The Bertz CT molecular complexity index is 969. The lowest BCUT2D eigenvalue weighted by Gasteiger charge is -2.41. The van der Waals surface area contributed by atoms with Gasteiger partial charge in [0.05, 0.1) is 0 Å². The molecule has 3 rings (SSSR count). The van der Waals surface area contributed by atoms with E-state index in [1.165, 1.54) is 12.8 Å². The molecule has 1 unspecified atom stereocenters. The molecule has 190 valence electrons. The molecule has 2 aromatic carbocycles. The molecule has 3 amide bonds. The van der Waals surface area contributed by atoms with Crippen LogP contribution in [0.25, 0.3) is 0 Å². The van der Waals surface area contributed by atoms with Gasteiger partial charge in [-0.3, -0.25) is 4.79 Å². The molecule has 0 aromatic heterocycles. The first-order valence-electron chi connectivity index (χ1n) is 13.1. The Morgan fingerprint density at radius 2 is 1.77 bits per heavy atom. The van der Waals surface area contributed by atoms with Crippen LogP contribution in [-0.4, -0.2) is 46.9 Å². The van der Waals surface area contributed by atoms with Crippen molar-refractivity contribution in [3.63, 3.8) is 0 Å². The molecule has 6 heteroatoms. The fourth-order valence-corrected chi connectivity index (χ4v) is 4.91. The van der Waals surface area contributed by atoms with Crippen molar-refractivity contribution in [3.8, 4) is 0 Å². The van der Waals surface area contributed by atoms with E-state index < -0.39 is 0 Å². The van der Waals surface area contributed by atoms with Gasteiger partial charge in [0.15, 0.2) is 0 Å². The van der Waals surface area contributed by atoms with E-state index in [1.54, 1.807) is 0 Å². The molecule has 6 nitrogen and oxygen atoms in total. The Hall–Kier alpha value is -2.86. The van der Waals surface area contributed by atoms with E-state index in [2.05, 4.69) is 35.4 Å². The highest BCUT2D eigenvalue weighted by atomic mass is 16.2. The predicted molar refractivity (Wildman–Crippen MR) is 143 cm³/mol. The number of piperidine rings is 1. The first-order valence-corrected chi connectivity index (χ1v) is 13.1. The van der Waals surface area contributed by atoms with Crippen LogP contribution in [0.1, 0.15) is 69.6 Å². The van der Waals surface area contributed by atoms with E-state index in [4.69, 9.17) is 0 Å². The minimum absolute atomic E-state index is 0.0300. The molecule has 1 aliphatic heterocycles. The van der Waals surface area contributed by atoms with Crippen LogP contribution < -0.4 is 10.6 Å². The van der Waals surface area contributed by atoms with Crippen molar-refractivity contribution in [3.05, 3.63) is 65.2 Å². The third-order valence-electron chi connectivity index (χ3n) is 7.06. The number of nitrogens with one attached hydrogen (secondary N) is 2. The van der Waals surface area contributed by atoms with Gasteiger partial charge in [-0.25, -0.2) is 4.79 Å². The van der Waals surface area contributed by atoms with Crippen molar-refractivity contribution in [2.24, 2.45) is 0 Å². The van der Waals surface area contributed by atoms with Crippen molar-refractivity contribution >= 4 is 17.6 Å². The summed E-state index contributed by atoms with van der Waals surface area (Å²) in [4.78, 5) is 30.0. The maximum Gasteiger partial charge on any atom is 0.322 e. The summed E-state index contributed by atoms with van der Waals surface area (Å²) >= 11 is 0. The average molecular weight is 479 g/mol. The van der Waals surface area contributed by atoms with Crippen LogP contribution in [0.4, 0.5) is 10.5 Å². The number of hydrogen-bond donors (Lipinski definition) is 2. The predicted octanol–water partition coefficient (Wildman–Crippen LogP) is 5.71. The molecule has 0 saturated carbocycles. The highest BCUT2D eigenvalue weighted by molar-refractivity contribution is 5.89. The molecule has 1 atom stereocenters. The molecular weight excluding hydrogens is 436 g/mol. The number of nitrogens with zero attached hydrogens (tertiary/aromatic N) is 2. The molecule has 2 aromatic rings. The number of carbonyl (C=O) groups excluding carboxylic acids is 2. The minimum Gasteiger partial charge on any atom is -0.352 e. The van der Waals surface area contributed by atoms with Gasteiger partial charge in [0.25, 0.3) is 0 Å². The normalized spacial score (nSPS) is 15.4. The number of hydrogen-bond acceptors (Lipinski definition) is 3. The summed E-state index contributed by atoms with van der Waals surface area (Å²) in [6, 6.07) is 16.7. The van der Waals surface area contributed by atoms with Gasteiger partial charge in [-0.15, -0.1) is 0 Å². The van der Waals surface area contributed by atoms with E-state index >= 15 is 0 Å². The lowest BCUT2D eigenvalue weighted by Crippen LogP contribution is -2.50. The van der Waals surface area contributed by atoms with Crippen molar-refractivity contribution in [2.75, 3.05) is 18.4 Å². The van der Waals surface area contributed by atoms with Gasteiger partial charge in [-0.2, -0.15) is 0 Å². The standard InChI is InChI=1S/C29H42N4O2/c1-5-10-23(4)32-17-15-27(16-18-32)33(29(35)31-26-14-9-11-22(3)19-26)21-25-13-8-7-12-24(25)20-30-28(34)6-2/h7-9,11-14,19,23,27H,5-6,10,15-18,20-21H2,1-4H3,(H,30,34)(H,31,35). The summed E-state index contributed by atoms with van der Waals surface area (Å²) in [6.07, 6.45) is 4.78. The third-order valence-corrected chi connectivity index (χ3v) is 7.06. The summed E-state index contributed by atoms with van der Waals surface area (Å²) < 4.78 is 0. The van der Waals surface area contributed by atoms with Crippen LogP contribution in [0.5, 0.6) is 0 Å². The van der Waals surface area contributed by atoms with Gasteiger partial charge in [0.1, 0.15) is 0 Å². The zero-order valence-corrected chi connectivity index (χ0v) is 21.8. The maximum absolute atomic E-state index is 13.6. The summed E-state index contributed by atoms with van der Waals surface area (Å²) in [5.41, 5.74) is 4.06. The Morgan fingerprint density at radius 1 is 1.06 bits per heavy atom. The fourth-order valence-electron chi connectivity index (χ4n) is 4.91. The van der Waals surface area contributed by atoms with Crippen molar-refractivity contribution < 1.29 is 9.59 Å². The molecule has 0 radical (unpaired) electrons. The van der Waals surface area contributed by atoms with Crippen molar-refractivity contribution in [2.45, 2.75) is 85.0 Å². The molecule has 0 bridgehead atoms. The number of likely N-dealkylation sites (tertiary alicyclic amines) is 1. The zero-order valence-electron chi connectivity index (χ0n) is 21.8. The Kier molecular flexibility index (Phi) is 10.2. The first kappa shape index (κ1) is 26.7. The SMILES string of the molecule is CCCC(C)N1CCC(N(Cc2ccccc2CNC(=O)CC)C(=O)Nc2cccc(C)c2)CC1. The van der Waals surface area contributed by atoms with Gasteiger partial charge >= 0.3 is 6.03 Å². The van der Waals surface area contributed by atoms with Gasteiger partial charge in [0, 0.05) is 50.4 Å². The van der Waals surface area contributed by atoms with Gasteiger partial charge in [-0.05, 0) is 61.9 Å². The molecule has 2 N–H and O–H groups in total. The number of amides is 3. The number of rotatable bonds is 10.